The SMILES string of the molecule is CCCCOC(=O)C1CCCCC1C(=O)Oc1ccc(Cl)c(C)c1. The minimum Gasteiger partial charge on any atom is -0.465 e. The van der Waals surface area contributed by atoms with Gasteiger partial charge in [-0.15, -0.1) is 0 Å². The molecule has 132 valence electrons. The Balaban J connectivity index is 2.01. The van der Waals surface area contributed by atoms with E-state index in [4.69, 9.17) is 21.1 Å². The van der Waals surface area contributed by atoms with Crippen molar-refractivity contribution in [2.45, 2.75) is 52.4 Å². The van der Waals surface area contributed by atoms with E-state index in [9.17, 15) is 9.59 Å². The molecule has 1 saturated carbocycles. The Bertz CT molecular complexity index is 585. The summed E-state index contributed by atoms with van der Waals surface area (Å²) >= 11 is 5.99. The highest BCUT2D eigenvalue weighted by Gasteiger charge is 2.38. The number of hydrogen-bond acceptors (Lipinski definition) is 4. The van der Waals surface area contributed by atoms with Crippen LogP contribution in [0.5, 0.6) is 5.75 Å². The summed E-state index contributed by atoms with van der Waals surface area (Å²) in [5, 5.41) is 0.629. The average molecular weight is 353 g/mol. The monoisotopic (exact) mass is 352 g/mol. The fraction of sp³-hybridized carbons (Fsp3) is 0.579. The summed E-state index contributed by atoms with van der Waals surface area (Å²) in [6.07, 6.45) is 5.04. The lowest BCUT2D eigenvalue weighted by molar-refractivity contribution is -0.158. The molecule has 0 N–H and O–H groups in total. The number of ether oxygens (including phenoxy) is 2. The van der Waals surface area contributed by atoms with E-state index in [-0.39, 0.29) is 11.9 Å². The second kappa shape index (κ2) is 9.07. The Morgan fingerprint density at radius 2 is 1.83 bits per heavy atom. The molecule has 0 amide bonds. The van der Waals surface area contributed by atoms with E-state index in [1.165, 1.54) is 0 Å². The van der Waals surface area contributed by atoms with Gasteiger partial charge >= 0.3 is 11.9 Å². The first-order chi connectivity index (χ1) is 11.5. The summed E-state index contributed by atoms with van der Waals surface area (Å²) < 4.78 is 10.8. The minimum atomic E-state index is -0.427. The van der Waals surface area contributed by atoms with Crippen LogP contribution in [0.25, 0.3) is 0 Å². The molecule has 0 aromatic heterocycles. The van der Waals surface area contributed by atoms with Crippen LogP contribution in [-0.4, -0.2) is 18.5 Å². The third-order valence-electron chi connectivity index (χ3n) is 4.46. The summed E-state index contributed by atoms with van der Waals surface area (Å²) in [5.74, 6) is -0.975. The van der Waals surface area contributed by atoms with Gasteiger partial charge in [0.25, 0.3) is 0 Å². The van der Waals surface area contributed by atoms with E-state index < -0.39 is 11.8 Å². The number of carbonyl (C=O) groups is 2. The predicted octanol–water partition coefficient (Wildman–Crippen LogP) is 4.70. The van der Waals surface area contributed by atoms with Crippen molar-refractivity contribution in [3.8, 4) is 5.75 Å². The summed E-state index contributed by atoms with van der Waals surface area (Å²) in [6.45, 7) is 4.32. The molecule has 1 aliphatic rings. The Hall–Kier alpha value is -1.55. The van der Waals surface area contributed by atoms with Crippen molar-refractivity contribution >= 4 is 23.5 Å². The molecule has 2 atom stereocenters. The zero-order chi connectivity index (χ0) is 17.5. The Morgan fingerprint density at radius 3 is 2.46 bits per heavy atom. The highest BCUT2D eigenvalue weighted by atomic mass is 35.5. The fourth-order valence-corrected chi connectivity index (χ4v) is 3.11. The van der Waals surface area contributed by atoms with Gasteiger partial charge in [-0.2, -0.15) is 0 Å². The molecule has 0 aliphatic heterocycles. The predicted molar refractivity (Wildman–Crippen MR) is 93.1 cm³/mol. The number of carbonyl (C=O) groups excluding carboxylic acids is 2. The van der Waals surface area contributed by atoms with Gasteiger partial charge in [-0.05, 0) is 49.9 Å². The van der Waals surface area contributed by atoms with Crippen LogP contribution in [0.3, 0.4) is 0 Å². The minimum absolute atomic E-state index is 0.266. The van der Waals surface area contributed by atoms with Gasteiger partial charge in [-0.25, -0.2) is 0 Å². The van der Waals surface area contributed by atoms with E-state index in [1.54, 1.807) is 18.2 Å². The number of rotatable bonds is 6. The van der Waals surface area contributed by atoms with Crippen LogP contribution in [0.1, 0.15) is 51.0 Å². The van der Waals surface area contributed by atoms with E-state index in [0.29, 0.717) is 30.2 Å². The molecular weight excluding hydrogens is 328 g/mol. The van der Waals surface area contributed by atoms with Gasteiger partial charge in [0.05, 0.1) is 18.4 Å². The van der Waals surface area contributed by atoms with Crippen molar-refractivity contribution in [1.82, 2.24) is 0 Å². The standard InChI is InChI=1S/C19H25ClO4/c1-3-4-11-23-18(21)15-7-5-6-8-16(15)19(22)24-14-9-10-17(20)13(2)12-14/h9-10,12,15-16H,3-8,11H2,1-2H3. The molecular formula is C19H25ClO4. The Morgan fingerprint density at radius 1 is 1.17 bits per heavy atom. The van der Waals surface area contributed by atoms with E-state index >= 15 is 0 Å². The molecule has 0 radical (unpaired) electrons. The van der Waals surface area contributed by atoms with Gasteiger partial charge < -0.3 is 9.47 Å². The van der Waals surface area contributed by atoms with Crippen LogP contribution in [0.15, 0.2) is 18.2 Å². The lowest BCUT2D eigenvalue weighted by Crippen LogP contribution is -2.36. The molecule has 2 rings (SSSR count). The fourth-order valence-electron chi connectivity index (χ4n) is 2.99. The number of benzene rings is 1. The maximum atomic E-state index is 12.5. The van der Waals surface area contributed by atoms with Crippen molar-refractivity contribution in [3.05, 3.63) is 28.8 Å². The Kier molecular flexibility index (Phi) is 7.10. The summed E-state index contributed by atoms with van der Waals surface area (Å²) in [6, 6.07) is 5.11. The third-order valence-corrected chi connectivity index (χ3v) is 4.89. The molecule has 1 aromatic rings. The third kappa shape index (κ3) is 4.97. The molecule has 5 heteroatoms. The number of aryl methyl sites for hydroxylation is 1. The normalized spacial score (nSPS) is 20.5. The van der Waals surface area contributed by atoms with E-state index in [0.717, 1.165) is 31.2 Å². The lowest BCUT2D eigenvalue weighted by Gasteiger charge is -2.28. The quantitative estimate of drug-likeness (QED) is 0.423. The van der Waals surface area contributed by atoms with Crippen LogP contribution in [0.4, 0.5) is 0 Å². The van der Waals surface area contributed by atoms with Crippen LogP contribution in [0.2, 0.25) is 5.02 Å². The van der Waals surface area contributed by atoms with Gasteiger partial charge in [-0.3, -0.25) is 9.59 Å². The van der Waals surface area contributed by atoms with Crippen LogP contribution >= 0.6 is 11.6 Å². The Labute approximate surface area is 148 Å². The highest BCUT2D eigenvalue weighted by Crippen LogP contribution is 2.33. The molecule has 2 unspecified atom stereocenters. The number of hydrogen-bond donors (Lipinski definition) is 0. The van der Waals surface area contributed by atoms with Gasteiger partial charge in [0.1, 0.15) is 5.75 Å². The molecule has 4 nitrogen and oxygen atoms in total. The zero-order valence-electron chi connectivity index (χ0n) is 14.3. The molecule has 1 aromatic carbocycles. The van der Waals surface area contributed by atoms with Crippen molar-refractivity contribution in [3.63, 3.8) is 0 Å². The van der Waals surface area contributed by atoms with E-state index in [1.807, 2.05) is 13.8 Å². The first-order valence-corrected chi connectivity index (χ1v) is 9.05. The maximum Gasteiger partial charge on any atom is 0.315 e. The largest absolute Gasteiger partial charge is 0.465 e. The average Bonchev–Trinajstić information content (AvgIpc) is 2.58. The van der Waals surface area contributed by atoms with Crippen LogP contribution in [-0.2, 0) is 14.3 Å². The van der Waals surface area contributed by atoms with Crippen molar-refractivity contribution in [2.24, 2.45) is 11.8 Å². The molecule has 0 spiro atoms. The van der Waals surface area contributed by atoms with Gasteiger partial charge in [0, 0.05) is 5.02 Å². The molecule has 0 saturated heterocycles. The number of unbranched alkanes of at least 4 members (excludes halogenated alkanes) is 1. The van der Waals surface area contributed by atoms with Crippen LogP contribution < -0.4 is 4.74 Å². The zero-order valence-corrected chi connectivity index (χ0v) is 15.1. The van der Waals surface area contributed by atoms with Crippen molar-refractivity contribution in [1.29, 1.82) is 0 Å². The molecule has 0 heterocycles. The topological polar surface area (TPSA) is 52.6 Å². The second-order valence-corrected chi connectivity index (χ2v) is 6.76. The van der Waals surface area contributed by atoms with Gasteiger partial charge in [0.2, 0.25) is 0 Å². The first kappa shape index (κ1) is 18.8. The summed E-state index contributed by atoms with van der Waals surface area (Å²) in [5.41, 5.74) is 0.848. The molecule has 1 aliphatic carbocycles. The van der Waals surface area contributed by atoms with E-state index in [2.05, 4.69) is 0 Å². The first-order valence-electron chi connectivity index (χ1n) is 8.67. The highest BCUT2D eigenvalue weighted by molar-refractivity contribution is 6.31. The van der Waals surface area contributed by atoms with Gasteiger partial charge in [-0.1, -0.05) is 37.8 Å². The van der Waals surface area contributed by atoms with Crippen molar-refractivity contribution in [2.75, 3.05) is 6.61 Å². The summed E-state index contributed by atoms with van der Waals surface area (Å²) in [7, 11) is 0. The smallest absolute Gasteiger partial charge is 0.315 e. The molecule has 0 bridgehead atoms. The number of esters is 2. The molecule has 1 fully saturated rings. The number of halogens is 1. The lowest BCUT2D eigenvalue weighted by atomic mass is 9.79. The van der Waals surface area contributed by atoms with Crippen LogP contribution in [0, 0.1) is 18.8 Å². The van der Waals surface area contributed by atoms with Gasteiger partial charge in [0.15, 0.2) is 0 Å². The molecule has 24 heavy (non-hydrogen) atoms. The maximum absolute atomic E-state index is 12.5. The second-order valence-electron chi connectivity index (χ2n) is 6.35. The summed E-state index contributed by atoms with van der Waals surface area (Å²) in [4.78, 5) is 24.8. The van der Waals surface area contributed by atoms with Crippen molar-refractivity contribution < 1.29 is 19.1 Å².